The zero-order chi connectivity index (χ0) is 24.9. The number of benzene rings is 2. The Bertz CT molecular complexity index is 1200. The number of carbonyl (C=O) groups excluding carboxylic acids is 1. The van der Waals surface area contributed by atoms with Gasteiger partial charge in [0, 0.05) is 11.8 Å². The number of ether oxygens (including phenoxy) is 2. The average molecular weight is 497 g/mol. The third-order valence-electron chi connectivity index (χ3n) is 4.96. The molecule has 2 aromatic rings. The number of methoxy groups -OCH3 is 1. The Balaban J connectivity index is 2.13. The SMILES string of the molecule is COc1ccc2c(c1)C(F)N(C(=O)c1cc(S(C)(=O)=O)ccc1O[C@@H](C)C(F)(F)F)C2(F)F. The van der Waals surface area contributed by atoms with Crippen molar-refractivity contribution in [3.8, 4) is 11.5 Å². The first kappa shape index (κ1) is 24.7. The van der Waals surface area contributed by atoms with Crippen LogP contribution < -0.4 is 9.47 Å². The van der Waals surface area contributed by atoms with Gasteiger partial charge < -0.3 is 9.47 Å². The molecule has 0 aromatic heterocycles. The second-order valence-electron chi connectivity index (χ2n) is 7.24. The third-order valence-corrected chi connectivity index (χ3v) is 6.07. The van der Waals surface area contributed by atoms with Gasteiger partial charge in [-0.1, -0.05) is 0 Å². The summed E-state index contributed by atoms with van der Waals surface area (Å²) in [6, 6.07) is 0.871. The molecule has 1 amide bonds. The molecule has 0 N–H and O–H groups in total. The fraction of sp³-hybridized carbons (Fsp3) is 0.350. The molecule has 0 saturated heterocycles. The number of halogens is 6. The number of alkyl halides is 6. The minimum Gasteiger partial charge on any atom is -0.497 e. The number of nitrogens with zero attached hydrogens (tertiary/aromatic N) is 1. The van der Waals surface area contributed by atoms with Gasteiger partial charge in [-0.3, -0.25) is 4.79 Å². The highest BCUT2D eigenvalue weighted by molar-refractivity contribution is 7.90. The predicted octanol–water partition coefficient (Wildman–Crippen LogP) is 4.60. The molecule has 0 radical (unpaired) electrons. The van der Waals surface area contributed by atoms with Crippen molar-refractivity contribution in [2.75, 3.05) is 13.4 Å². The van der Waals surface area contributed by atoms with Crippen molar-refractivity contribution in [2.24, 2.45) is 0 Å². The Morgan fingerprint density at radius 1 is 1.15 bits per heavy atom. The van der Waals surface area contributed by atoms with Crippen molar-refractivity contribution in [1.29, 1.82) is 0 Å². The third kappa shape index (κ3) is 4.45. The molecule has 33 heavy (non-hydrogen) atoms. The van der Waals surface area contributed by atoms with E-state index >= 15 is 13.2 Å². The van der Waals surface area contributed by atoms with Gasteiger partial charge in [0.05, 0.1) is 23.1 Å². The maximum Gasteiger partial charge on any atom is 0.425 e. The van der Waals surface area contributed by atoms with E-state index in [1.807, 2.05) is 0 Å². The zero-order valence-electron chi connectivity index (χ0n) is 17.3. The summed E-state index contributed by atoms with van der Waals surface area (Å²) in [5, 5.41) is 0. The lowest BCUT2D eigenvalue weighted by Gasteiger charge is -2.27. The van der Waals surface area contributed by atoms with E-state index in [1.165, 1.54) is 7.11 Å². The molecule has 2 atom stereocenters. The minimum atomic E-state index is -4.89. The van der Waals surface area contributed by atoms with Gasteiger partial charge in [-0.2, -0.15) is 22.0 Å². The Hall–Kier alpha value is -2.96. The summed E-state index contributed by atoms with van der Waals surface area (Å²) in [5.41, 5.74) is -2.41. The lowest BCUT2D eigenvalue weighted by Crippen LogP contribution is -2.40. The highest BCUT2D eigenvalue weighted by Crippen LogP contribution is 2.51. The smallest absolute Gasteiger partial charge is 0.425 e. The number of fused-ring (bicyclic) bond motifs is 1. The Morgan fingerprint density at radius 3 is 2.33 bits per heavy atom. The molecule has 1 heterocycles. The van der Waals surface area contributed by atoms with Gasteiger partial charge in [0.1, 0.15) is 11.5 Å². The van der Waals surface area contributed by atoms with Gasteiger partial charge in [-0.05, 0) is 43.3 Å². The number of hydrogen-bond donors (Lipinski definition) is 0. The van der Waals surface area contributed by atoms with Crippen LogP contribution in [-0.4, -0.2) is 44.9 Å². The molecule has 13 heteroatoms. The summed E-state index contributed by atoms with van der Waals surface area (Å²) in [5.74, 6) is -2.57. The molecule has 180 valence electrons. The van der Waals surface area contributed by atoms with Crippen LogP contribution in [0.15, 0.2) is 41.3 Å². The molecule has 3 rings (SSSR count). The molecular formula is C20H17F6NO5S. The van der Waals surface area contributed by atoms with E-state index < -0.39 is 72.6 Å². The van der Waals surface area contributed by atoms with E-state index in [0.29, 0.717) is 13.0 Å². The van der Waals surface area contributed by atoms with Crippen LogP contribution in [0.3, 0.4) is 0 Å². The van der Waals surface area contributed by atoms with Crippen LogP contribution in [0.5, 0.6) is 11.5 Å². The standard InChI is InChI=1S/C20H17F6NO5S/c1-10(19(22,23)24)32-16-7-5-12(33(3,29)30)9-14(16)18(28)27-17(21)13-8-11(31-2)4-6-15(13)20(27,25)26/h4-10,17H,1-3H3/t10-,17?/m0/s1. The van der Waals surface area contributed by atoms with E-state index in [9.17, 15) is 26.4 Å². The fourth-order valence-electron chi connectivity index (χ4n) is 3.18. The van der Waals surface area contributed by atoms with E-state index in [-0.39, 0.29) is 5.75 Å². The molecule has 6 nitrogen and oxygen atoms in total. The zero-order valence-corrected chi connectivity index (χ0v) is 18.1. The highest BCUT2D eigenvalue weighted by Gasteiger charge is 2.56. The number of carbonyl (C=O) groups is 1. The topological polar surface area (TPSA) is 72.9 Å². The van der Waals surface area contributed by atoms with Crippen LogP contribution in [0.2, 0.25) is 0 Å². The van der Waals surface area contributed by atoms with Gasteiger partial charge >= 0.3 is 12.2 Å². The maximum atomic E-state index is 15.1. The van der Waals surface area contributed by atoms with Crippen molar-refractivity contribution in [1.82, 2.24) is 4.90 Å². The number of sulfone groups is 1. The monoisotopic (exact) mass is 497 g/mol. The number of amides is 1. The molecule has 0 saturated carbocycles. The lowest BCUT2D eigenvalue weighted by molar-refractivity contribution is -0.189. The number of rotatable bonds is 5. The van der Waals surface area contributed by atoms with Gasteiger partial charge in [0.2, 0.25) is 6.30 Å². The maximum absolute atomic E-state index is 15.1. The van der Waals surface area contributed by atoms with Crippen LogP contribution in [0.4, 0.5) is 26.3 Å². The van der Waals surface area contributed by atoms with Crippen LogP contribution in [0.25, 0.3) is 0 Å². The van der Waals surface area contributed by atoms with E-state index in [2.05, 4.69) is 0 Å². The summed E-state index contributed by atoms with van der Waals surface area (Å²) in [6.07, 6.45) is -9.33. The summed E-state index contributed by atoms with van der Waals surface area (Å²) in [6.45, 7) is 0.600. The average Bonchev–Trinajstić information content (AvgIpc) is 2.91. The highest BCUT2D eigenvalue weighted by atomic mass is 32.2. The first-order chi connectivity index (χ1) is 15.1. The summed E-state index contributed by atoms with van der Waals surface area (Å²) >= 11 is 0. The van der Waals surface area contributed by atoms with Crippen molar-refractivity contribution < 1.29 is 49.0 Å². The van der Waals surface area contributed by atoms with E-state index in [1.54, 1.807) is 0 Å². The van der Waals surface area contributed by atoms with Gasteiger partial charge in [0.25, 0.3) is 5.91 Å². The van der Waals surface area contributed by atoms with Gasteiger partial charge in [-0.25, -0.2) is 17.7 Å². The van der Waals surface area contributed by atoms with Crippen LogP contribution in [0, 0.1) is 0 Å². The first-order valence-corrected chi connectivity index (χ1v) is 11.1. The quantitative estimate of drug-likeness (QED) is 0.446. The molecule has 1 aliphatic rings. The molecule has 0 bridgehead atoms. The second kappa shape index (κ2) is 8.12. The van der Waals surface area contributed by atoms with Crippen molar-refractivity contribution >= 4 is 15.7 Å². The van der Waals surface area contributed by atoms with Gasteiger partial charge in [0.15, 0.2) is 15.9 Å². The Morgan fingerprint density at radius 2 is 1.79 bits per heavy atom. The normalized spacial score (nSPS) is 18.6. The van der Waals surface area contributed by atoms with Gasteiger partial charge in [-0.15, -0.1) is 0 Å². The molecule has 1 aliphatic heterocycles. The molecule has 0 fully saturated rings. The summed E-state index contributed by atoms with van der Waals surface area (Å²) in [7, 11) is -2.79. The van der Waals surface area contributed by atoms with Crippen LogP contribution >= 0.6 is 0 Å². The lowest BCUT2D eigenvalue weighted by atomic mass is 10.1. The fourth-order valence-corrected chi connectivity index (χ4v) is 3.82. The second-order valence-corrected chi connectivity index (χ2v) is 9.25. The Kier molecular flexibility index (Phi) is 6.07. The van der Waals surface area contributed by atoms with Crippen molar-refractivity contribution in [3.05, 3.63) is 53.1 Å². The Labute approximate surface area is 184 Å². The minimum absolute atomic E-state index is 0.0311. The summed E-state index contributed by atoms with van der Waals surface area (Å²) < 4.78 is 117. The molecule has 0 spiro atoms. The summed E-state index contributed by atoms with van der Waals surface area (Å²) in [4.78, 5) is 12.0. The predicted molar refractivity (Wildman–Crippen MR) is 103 cm³/mol. The molecule has 1 unspecified atom stereocenters. The van der Waals surface area contributed by atoms with Crippen LogP contribution in [-0.2, 0) is 15.9 Å². The number of hydrogen-bond acceptors (Lipinski definition) is 5. The van der Waals surface area contributed by atoms with Crippen LogP contribution in [0.1, 0.15) is 34.7 Å². The van der Waals surface area contributed by atoms with Crippen molar-refractivity contribution in [2.45, 2.75) is 36.4 Å². The molecule has 0 aliphatic carbocycles. The molecular weight excluding hydrogens is 480 g/mol. The largest absolute Gasteiger partial charge is 0.497 e. The van der Waals surface area contributed by atoms with E-state index in [0.717, 1.165) is 36.6 Å². The molecule has 2 aromatic carbocycles. The first-order valence-electron chi connectivity index (χ1n) is 9.20. The van der Waals surface area contributed by atoms with E-state index in [4.69, 9.17) is 9.47 Å². The van der Waals surface area contributed by atoms with Crippen molar-refractivity contribution in [3.63, 3.8) is 0 Å².